The van der Waals surface area contributed by atoms with Gasteiger partial charge in [0.15, 0.2) is 0 Å². The zero-order valence-corrected chi connectivity index (χ0v) is 10.3. The third-order valence-corrected chi connectivity index (χ3v) is 2.88. The number of halogens is 1. The van der Waals surface area contributed by atoms with Crippen molar-refractivity contribution in [1.82, 2.24) is 15.0 Å². The molecule has 0 saturated heterocycles. The number of hydrogen-bond donors (Lipinski definition) is 1. The summed E-state index contributed by atoms with van der Waals surface area (Å²) in [4.78, 5) is 10.5. The molecule has 2 rings (SSSR count). The van der Waals surface area contributed by atoms with E-state index in [4.69, 9.17) is 5.11 Å². The standard InChI is InChI=1S/C10H8IN3O2/c11-8-3-1-2-4-9(8)14-6-7(12-13-14)5-10(15)16/h1-4,6H,5H2,(H,15,16). The van der Waals surface area contributed by atoms with Crippen LogP contribution in [-0.2, 0) is 11.2 Å². The summed E-state index contributed by atoms with van der Waals surface area (Å²) in [7, 11) is 0. The van der Waals surface area contributed by atoms with E-state index in [1.54, 1.807) is 10.9 Å². The number of hydrogen-bond acceptors (Lipinski definition) is 3. The first-order valence-electron chi connectivity index (χ1n) is 4.55. The molecule has 0 amide bonds. The fourth-order valence-corrected chi connectivity index (χ4v) is 1.92. The van der Waals surface area contributed by atoms with E-state index < -0.39 is 5.97 Å². The Bertz CT molecular complexity index is 524. The maximum absolute atomic E-state index is 10.5. The van der Waals surface area contributed by atoms with Gasteiger partial charge in [-0.2, -0.15) is 0 Å². The number of aliphatic carboxylic acids is 1. The van der Waals surface area contributed by atoms with Gasteiger partial charge in [0.05, 0.1) is 24.0 Å². The minimum atomic E-state index is -0.908. The van der Waals surface area contributed by atoms with Gasteiger partial charge in [-0.3, -0.25) is 4.79 Å². The summed E-state index contributed by atoms with van der Waals surface area (Å²) in [6.45, 7) is 0. The largest absolute Gasteiger partial charge is 0.481 e. The highest BCUT2D eigenvalue weighted by atomic mass is 127. The zero-order chi connectivity index (χ0) is 11.5. The van der Waals surface area contributed by atoms with Crippen LogP contribution in [0, 0.1) is 3.57 Å². The van der Waals surface area contributed by atoms with Crippen molar-refractivity contribution in [3.8, 4) is 5.69 Å². The molecule has 0 aliphatic rings. The van der Waals surface area contributed by atoms with Crippen LogP contribution < -0.4 is 0 Å². The third kappa shape index (κ3) is 2.38. The molecule has 0 radical (unpaired) electrons. The van der Waals surface area contributed by atoms with E-state index in [1.807, 2.05) is 24.3 Å². The van der Waals surface area contributed by atoms with Gasteiger partial charge in [0.1, 0.15) is 0 Å². The molecule has 0 bridgehead atoms. The lowest BCUT2D eigenvalue weighted by Gasteiger charge is -2.01. The molecule has 2 aromatic rings. The monoisotopic (exact) mass is 329 g/mol. The Kier molecular flexibility index (Phi) is 3.18. The maximum Gasteiger partial charge on any atom is 0.309 e. The lowest BCUT2D eigenvalue weighted by molar-refractivity contribution is -0.136. The number of para-hydroxylation sites is 1. The smallest absolute Gasteiger partial charge is 0.309 e. The van der Waals surface area contributed by atoms with E-state index in [1.165, 1.54) is 0 Å². The highest BCUT2D eigenvalue weighted by molar-refractivity contribution is 14.1. The minimum Gasteiger partial charge on any atom is -0.481 e. The minimum absolute atomic E-state index is 0.108. The van der Waals surface area contributed by atoms with Gasteiger partial charge < -0.3 is 5.11 Å². The molecule has 6 heteroatoms. The molecule has 1 aromatic carbocycles. The molecule has 82 valence electrons. The number of aromatic nitrogens is 3. The number of benzene rings is 1. The lowest BCUT2D eigenvalue weighted by atomic mass is 10.3. The van der Waals surface area contributed by atoms with Gasteiger partial charge in [0.2, 0.25) is 0 Å². The van der Waals surface area contributed by atoms with Crippen molar-refractivity contribution in [3.05, 3.63) is 39.7 Å². The van der Waals surface area contributed by atoms with E-state index in [2.05, 4.69) is 32.9 Å². The maximum atomic E-state index is 10.5. The van der Waals surface area contributed by atoms with Crippen LogP contribution in [0.25, 0.3) is 5.69 Å². The summed E-state index contributed by atoms with van der Waals surface area (Å²) in [6.07, 6.45) is 1.52. The van der Waals surface area contributed by atoms with Crippen LogP contribution in [0.2, 0.25) is 0 Å². The van der Waals surface area contributed by atoms with Gasteiger partial charge in [-0.05, 0) is 34.7 Å². The Balaban J connectivity index is 2.32. The van der Waals surface area contributed by atoms with Gasteiger partial charge in [-0.15, -0.1) is 5.10 Å². The van der Waals surface area contributed by atoms with E-state index >= 15 is 0 Å². The van der Waals surface area contributed by atoms with Crippen LogP contribution in [-0.4, -0.2) is 26.1 Å². The SMILES string of the molecule is O=C(O)Cc1cn(-c2ccccc2I)nn1. The second kappa shape index (κ2) is 4.60. The molecule has 0 aliphatic carbocycles. The first kappa shape index (κ1) is 11.1. The molecule has 1 N–H and O–H groups in total. The van der Waals surface area contributed by atoms with Gasteiger partial charge in [0.25, 0.3) is 0 Å². The van der Waals surface area contributed by atoms with Gasteiger partial charge >= 0.3 is 5.97 Å². The zero-order valence-electron chi connectivity index (χ0n) is 8.17. The Morgan fingerprint density at radius 2 is 2.19 bits per heavy atom. The normalized spacial score (nSPS) is 10.3. The fraction of sp³-hybridized carbons (Fsp3) is 0.100. The van der Waals surface area contributed by atoms with Crippen molar-refractivity contribution in [3.63, 3.8) is 0 Å². The Morgan fingerprint density at radius 3 is 2.88 bits per heavy atom. The molecule has 0 spiro atoms. The van der Waals surface area contributed by atoms with E-state index in [0.717, 1.165) is 9.26 Å². The first-order chi connectivity index (χ1) is 7.66. The molecule has 0 atom stereocenters. The molecular weight excluding hydrogens is 321 g/mol. The Hall–Kier alpha value is -1.44. The number of carbonyl (C=O) groups is 1. The third-order valence-electron chi connectivity index (χ3n) is 1.97. The van der Waals surface area contributed by atoms with Crippen molar-refractivity contribution in [2.75, 3.05) is 0 Å². The molecule has 1 aromatic heterocycles. The molecular formula is C10H8IN3O2. The second-order valence-electron chi connectivity index (χ2n) is 3.18. The van der Waals surface area contributed by atoms with Crippen molar-refractivity contribution < 1.29 is 9.90 Å². The summed E-state index contributed by atoms with van der Waals surface area (Å²) < 4.78 is 2.62. The molecule has 16 heavy (non-hydrogen) atoms. The highest BCUT2D eigenvalue weighted by Gasteiger charge is 2.08. The average molecular weight is 329 g/mol. The van der Waals surface area contributed by atoms with Crippen molar-refractivity contribution in [1.29, 1.82) is 0 Å². The molecule has 0 saturated carbocycles. The molecule has 0 aliphatic heterocycles. The van der Waals surface area contributed by atoms with E-state index in [9.17, 15) is 4.79 Å². The molecule has 1 heterocycles. The quantitative estimate of drug-likeness (QED) is 0.867. The predicted molar refractivity (Wildman–Crippen MR) is 65.4 cm³/mol. The number of carboxylic acid groups (broad SMARTS) is 1. The number of nitrogens with zero attached hydrogens (tertiary/aromatic N) is 3. The average Bonchev–Trinajstić information content (AvgIpc) is 2.66. The number of rotatable bonds is 3. The van der Waals surface area contributed by atoms with Crippen LogP contribution in [0.5, 0.6) is 0 Å². The van der Waals surface area contributed by atoms with Crippen LogP contribution in [0.1, 0.15) is 5.69 Å². The predicted octanol–water partition coefficient (Wildman–Crippen LogP) is 1.50. The summed E-state index contributed by atoms with van der Waals surface area (Å²) in [5, 5.41) is 16.3. The van der Waals surface area contributed by atoms with Crippen LogP contribution >= 0.6 is 22.6 Å². The van der Waals surface area contributed by atoms with E-state index in [-0.39, 0.29) is 6.42 Å². The molecule has 0 fully saturated rings. The topological polar surface area (TPSA) is 68.0 Å². The summed E-state index contributed by atoms with van der Waals surface area (Å²) in [6, 6.07) is 7.69. The van der Waals surface area contributed by atoms with Gasteiger partial charge in [0, 0.05) is 3.57 Å². The molecule has 0 unspecified atom stereocenters. The molecule has 5 nitrogen and oxygen atoms in total. The number of carboxylic acids is 1. The summed E-state index contributed by atoms with van der Waals surface area (Å²) >= 11 is 2.19. The van der Waals surface area contributed by atoms with Gasteiger partial charge in [-0.1, -0.05) is 17.3 Å². The first-order valence-corrected chi connectivity index (χ1v) is 5.62. The fourth-order valence-electron chi connectivity index (χ4n) is 1.29. The van der Waals surface area contributed by atoms with Crippen LogP contribution in [0.15, 0.2) is 30.5 Å². The van der Waals surface area contributed by atoms with Crippen LogP contribution in [0.3, 0.4) is 0 Å². The Morgan fingerprint density at radius 1 is 1.44 bits per heavy atom. The Labute approximate surface area is 105 Å². The summed E-state index contributed by atoms with van der Waals surface area (Å²) in [5.74, 6) is -0.908. The van der Waals surface area contributed by atoms with E-state index in [0.29, 0.717) is 5.69 Å². The van der Waals surface area contributed by atoms with Crippen molar-refractivity contribution in [2.24, 2.45) is 0 Å². The van der Waals surface area contributed by atoms with Crippen molar-refractivity contribution >= 4 is 28.6 Å². The summed E-state index contributed by atoms with van der Waals surface area (Å²) in [5.41, 5.74) is 1.35. The second-order valence-corrected chi connectivity index (χ2v) is 4.34. The van der Waals surface area contributed by atoms with Crippen LogP contribution in [0.4, 0.5) is 0 Å². The lowest BCUT2D eigenvalue weighted by Crippen LogP contribution is -2.00. The highest BCUT2D eigenvalue weighted by Crippen LogP contribution is 2.15. The van der Waals surface area contributed by atoms with Crippen molar-refractivity contribution in [2.45, 2.75) is 6.42 Å². The van der Waals surface area contributed by atoms with Gasteiger partial charge in [-0.25, -0.2) is 4.68 Å².